The molecule has 5 nitrogen and oxygen atoms in total. The Labute approximate surface area is 297 Å². The molecule has 0 unspecified atom stereocenters. The van der Waals surface area contributed by atoms with Crippen molar-refractivity contribution < 1.29 is 19.4 Å². The van der Waals surface area contributed by atoms with Gasteiger partial charge >= 0.3 is 5.97 Å². The standard InChI is InChI=1S/C41H81NO4S/c1-6-8-10-12-14-16-18-20-22-23-25-27-29-31-33-37(43)35-47-36-38(40(45)46-41(3,4)5)42-39(44)34-32-30-28-26-24-21-19-17-15-13-11-9-7-2/h37-38,43H,6-36H2,1-5H3,(H,42,44)/t37-,38-/m1/s1. The summed E-state index contributed by atoms with van der Waals surface area (Å²) in [6.45, 7) is 10.1. The highest BCUT2D eigenvalue weighted by Crippen LogP contribution is 2.17. The molecular formula is C41H81NO4S. The maximum absolute atomic E-state index is 12.9. The molecule has 0 heterocycles. The number of carbonyl (C=O) groups excluding carboxylic acids is 2. The number of carbonyl (C=O) groups is 2. The van der Waals surface area contributed by atoms with Crippen LogP contribution in [0.25, 0.3) is 0 Å². The van der Waals surface area contributed by atoms with E-state index in [-0.39, 0.29) is 18.0 Å². The number of aliphatic hydroxyl groups excluding tert-OH is 1. The molecule has 0 aromatic carbocycles. The molecule has 0 saturated heterocycles. The summed E-state index contributed by atoms with van der Waals surface area (Å²) in [6, 6.07) is -0.679. The van der Waals surface area contributed by atoms with Crippen LogP contribution in [-0.2, 0) is 14.3 Å². The molecule has 0 aliphatic carbocycles. The molecule has 0 aromatic rings. The summed E-state index contributed by atoms with van der Waals surface area (Å²) in [6.07, 6.45) is 36.1. The largest absolute Gasteiger partial charge is 0.458 e. The highest BCUT2D eigenvalue weighted by atomic mass is 32.2. The molecule has 0 fully saturated rings. The van der Waals surface area contributed by atoms with Crippen molar-refractivity contribution >= 4 is 23.6 Å². The third-order valence-corrected chi connectivity index (χ3v) is 10.2. The number of amides is 1. The van der Waals surface area contributed by atoms with Crippen LogP contribution < -0.4 is 5.32 Å². The molecule has 0 spiro atoms. The molecule has 0 radical (unpaired) electrons. The summed E-state index contributed by atoms with van der Waals surface area (Å²) < 4.78 is 5.61. The number of aliphatic hydroxyl groups is 1. The van der Waals surface area contributed by atoms with Gasteiger partial charge in [-0.15, -0.1) is 0 Å². The van der Waals surface area contributed by atoms with Crippen LogP contribution in [0.3, 0.4) is 0 Å². The van der Waals surface area contributed by atoms with E-state index < -0.39 is 11.6 Å². The van der Waals surface area contributed by atoms with Gasteiger partial charge in [-0.05, 0) is 33.6 Å². The number of thioether (sulfide) groups is 1. The summed E-state index contributed by atoms with van der Waals surface area (Å²) in [4.78, 5) is 25.6. The monoisotopic (exact) mass is 684 g/mol. The average molecular weight is 684 g/mol. The minimum atomic E-state index is -0.679. The lowest BCUT2D eigenvalue weighted by atomic mass is 10.0. The van der Waals surface area contributed by atoms with Crippen LogP contribution in [0.4, 0.5) is 0 Å². The van der Waals surface area contributed by atoms with Crippen LogP contribution in [0.15, 0.2) is 0 Å². The number of esters is 1. The number of hydrogen-bond acceptors (Lipinski definition) is 5. The Balaban J connectivity index is 4.02. The Morgan fingerprint density at radius 1 is 0.574 bits per heavy atom. The first-order chi connectivity index (χ1) is 22.7. The molecule has 0 aliphatic heterocycles. The van der Waals surface area contributed by atoms with Gasteiger partial charge in [-0.25, -0.2) is 4.79 Å². The van der Waals surface area contributed by atoms with Crippen LogP contribution in [0.1, 0.15) is 221 Å². The van der Waals surface area contributed by atoms with Crippen LogP contribution in [0.5, 0.6) is 0 Å². The van der Waals surface area contributed by atoms with Crippen molar-refractivity contribution in [2.24, 2.45) is 0 Å². The van der Waals surface area contributed by atoms with Crippen molar-refractivity contribution in [2.45, 2.75) is 239 Å². The van der Waals surface area contributed by atoms with Gasteiger partial charge in [0.2, 0.25) is 5.91 Å². The second-order valence-electron chi connectivity index (χ2n) is 15.2. The molecule has 6 heteroatoms. The first-order valence-electron chi connectivity index (χ1n) is 20.5. The van der Waals surface area contributed by atoms with Gasteiger partial charge in [0.25, 0.3) is 0 Å². The molecular weight excluding hydrogens is 603 g/mol. The van der Waals surface area contributed by atoms with Crippen LogP contribution in [0.2, 0.25) is 0 Å². The van der Waals surface area contributed by atoms with Crippen molar-refractivity contribution in [3.05, 3.63) is 0 Å². The SMILES string of the molecule is CCCCCCCCCCCCCCCC[C@@H](O)CSC[C@@H](NC(=O)CCCCCCCCCCCCCCC)C(=O)OC(C)(C)C. The number of nitrogens with one attached hydrogen (secondary N) is 1. The Morgan fingerprint density at radius 2 is 0.936 bits per heavy atom. The normalized spacial score (nSPS) is 13.1. The van der Waals surface area contributed by atoms with E-state index in [1.807, 2.05) is 20.8 Å². The van der Waals surface area contributed by atoms with E-state index in [1.54, 1.807) is 0 Å². The zero-order chi connectivity index (χ0) is 34.9. The predicted octanol–water partition coefficient (Wildman–Crippen LogP) is 12.3. The van der Waals surface area contributed by atoms with E-state index >= 15 is 0 Å². The van der Waals surface area contributed by atoms with E-state index in [9.17, 15) is 14.7 Å². The highest BCUT2D eigenvalue weighted by molar-refractivity contribution is 7.99. The minimum Gasteiger partial charge on any atom is -0.458 e. The third kappa shape index (κ3) is 34.9. The van der Waals surface area contributed by atoms with Gasteiger partial charge in [-0.3, -0.25) is 4.79 Å². The summed E-state index contributed by atoms with van der Waals surface area (Å²) in [5, 5.41) is 13.5. The molecule has 1 amide bonds. The highest BCUT2D eigenvalue weighted by Gasteiger charge is 2.27. The zero-order valence-electron chi connectivity index (χ0n) is 32.2. The first kappa shape index (κ1) is 46.2. The number of hydrogen-bond donors (Lipinski definition) is 2. The molecule has 280 valence electrons. The van der Waals surface area contributed by atoms with E-state index in [0.29, 0.717) is 17.9 Å². The lowest BCUT2D eigenvalue weighted by Crippen LogP contribution is -2.45. The smallest absolute Gasteiger partial charge is 0.330 e. The fourth-order valence-electron chi connectivity index (χ4n) is 6.09. The van der Waals surface area contributed by atoms with Gasteiger partial charge in [-0.2, -0.15) is 11.8 Å². The topological polar surface area (TPSA) is 75.6 Å². The van der Waals surface area contributed by atoms with Gasteiger partial charge in [0.1, 0.15) is 11.6 Å². The first-order valence-corrected chi connectivity index (χ1v) is 21.6. The van der Waals surface area contributed by atoms with Crippen LogP contribution >= 0.6 is 11.8 Å². The van der Waals surface area contributed by atoms with Crippen molar-refractivity contribution in [3.63, 3.8) is 0 Å². The van der Waals surface area contributed by atoms with E-state index in [4.69, 9.17) is 4.74 Å². The minimum absolute atomic E-state index is 0.0764. The molecule has 0 saturated carbocycles. The molecule has 2 N–H and O–H groups in total. The summed E-state index contributed by atoms with van der Waals surface area (Å²) in [5.41, 5.74) is -0.604. The van der Waals surface area contributed by atoms with Crippen molar-refractivity contribution in [3.8, 4) is 0 Å². The molecule has 0 rings (SSSR count). The van der Waals surface area contributed by atoms with Gasteiger partial charge in [0.15, 0.2) is 0 Å². The maximum Gasteiger partial charge on any atom is 0.330 e. The Morgan fingerprint density at radius 3 is 1.32 bits per heavy atom. The molecule has 0 bridgehead atoms. The molecule has 0 aliphatic rings. The summed E-state index contributed by atoms with van der Waals surface area (Å²) >= 11 is 1.53. The molecule has 47 heavy (non-hydrogen) atoms. The number of rotatable bonds is 35. The van der Waals surface area contributed by atoms with E-state index in [2.05, 4.69) is 19.2 Å². The molecule has 0 aromatic heterocycles. The predicted molar refractivity (Wildman–Crippen MR) is 206 cm³/mol. The summed E-state index contributed by atoms with van der Waals surface area (Å²) in [7, 11) is 0. The number of ether oxygens (including phenoxy) is 1. The van der Waals surface area contributed by atoms with Gasteiger partial charge in [0, 0.05) is 17.9 Å². The average Bonchev–Trinajstić information content (AvgIpc) is 3.02. The van der Waals surface area contributed by atoms with Gasteiger partial charge in [-0.1, -0.05) is 181 Å². The maximum atomic E-state index is 12.9. The molecule has 2 atom stereocenters. The van der Waals surface area contributed by atoms with Crippen LogP contribution in [0, 0.1) is 0 Å². The van der Waals surface area contributed by atoms with Crippen LogP contribution in [-0.4, -0.2) is 46.2 Å². The van der Waals surface area contributed by atoms with Crippen molar-refractivity contribution in [1.29, 1.82) is 0 Å². The third-order valence-electron chi connectivity index (χ3n) is 9.02. The van der Waals surface area contributed by atoms with Crippen molar-refractivity contribution in [2.75, 3.05) is 11.5 Å². The van der Waals surface area contributed by atoms with E-state index in [1.165, 1.54) is 166 Å². The summed E-state index contributed by atoms with van der Waals surface area (Å²) in [5.74, 6) is 0.541. The van der Waals surface area contributed by atoms with Gasteiger partial charge < -0.3 is 15.2 Å². The van der Waals surface area contributed by atoms with E-state index in [0.717, 1.165) is 25.7 Å². The van der Waals surface area contributed by atoms with Gasteiger partial charge in [0.05, 0.1) is 6.10 Å². The fourth-order valence-corrected chi connectivity index (χ4v) is 7.12. The fraction of sp³-hybridized carbons (Fsp3) is 0.951. The lowest BCUT2D eigenvalue weighted by molar-refractivity contribution is -0.157. The second-order valence-corrected chi connectivity index (χ2v) is 16.3. The lowest BCUT2D eigenvalue weighted by Gasteiger charge is -2.24. The zero-order valence-corrected chi connectivity index (χ0v) is 33.0. The van der Waals surface area contributed by atoms with Crippen molar-refractivity contribution in [1.82, 2.24) is 5.32 Å². The second kappa shape index (κ2) is 33.7. The Kier molecular flexibility index (Phi) is 33.2. The Hall–Kier alpha value is -0.750. The number of unbranched alkanes of at least 4 members (excludes halogenated alkanes) is 25. The Bertz CT molecular complexity index is 695. The quantitative estimate of drug-likeness (QED) is 0.0513.